The van der Waals surface area contributed by atoms with Crippen molar-refractivity contribution in [3.63, 3.8) is 0 Å². The molecule has 1 aliphatic heterocycles. The third-order valence-corrected chi connectivity index (χ3v) is 14.4. The van der Waals surface area contributed by atoms with E-state index in [-0.39, 0.29) is 29.7 Å². The molecule has 0 aromatic heterocycles. The first-order chi connectivity index (χ1) is 29.3. The monoisotopic (exact) mass is 859 g/mol. The Morgan fingerprint density at radius 3 is 2.08 bits per heavy atom. The Balaban J connectivity index is 1.37. The minimum absolute atomic E-state index is 0.0369. The Hall–Kier alpha value is -4.96. The molecule has 62 heavy (non-hydrogen) atoms. The van der Waals surface area contributed by atoms with Gasteiger partial charge >= 0.3 is 23.9 Å². The SMILES string of the molecule is CC(=O)O[C@H]1C(=O)[C@@]2(C)C([C@H](OC(=O)C3CCCCC3)[C@]3(O)C[C@H](OC(=O)[C@H](O)[C@@H](NC(=O)c4ccccc4)c4ccccc4)C(C)=C1C3(C)C)[C@]1(OC(C)=O)CO[C@@H]1C[C@@H]2O. The smallest absolute Gasteiger partial charge is 0.338 e. The van der Waals surface area contributed by atoms with Gasteiger partial charge in [0.1, 0.15) is 23.9 Å². The highest BCUT2D eigenvalue weighted by Gasteiger charge is 2.78. The van der Waals surface area contributed by atoms with Crippen LogP contribution >= 0.6 is 0 Å². The molecule has 4 fully saturated rings. The summed E-state index contributed by atoms with van der Waals surface area (Å²) < 4.78 is 30.6. The van der Waals surface area contributed by atoms with Crippen molar-refractivity contribution < 1.29 is 67.8 Å². The molecule has 4 N–H and O–H groups in total. The van der Waals surface area contributed by atoms with Crippen molar-refractivity contribution in [1.82, 2.24) is 5.32 Å². The first-order valence-electron chi connectivity index (χ1n) is 21.4. The summed E-state index contributed by atoms with van der Waals surface area (Å²) >= 11 is 0. The molecule has 1 heterocycles. The minimum Gasteiger partial charge on any atom is -0.459 e. The lowest BCUT2D eigenvalue weighted by molar-refractivity contribution is -0.347. The minimum atomic E-state index is -2.32. The summed E-state index contributed by atoms with van der Waals surface area (Å²) in [6, 6.07) is 15.2. The number of ketones is 1. The van der Waals surface area contributed by atoms with Crippen molar-refractivity contribution in [2.24, 2.45) is 22.7 Å². The number of esters is 4. The van der Waals surface area contributed by atoms with Crippen LogP contribution in [0.4, 0.5) is 0 Å². The van der Waals surface area contributed by atoms with Gasteiger partial charge in [-0.05, 0) is 55.5 Å². The van der Waals surface area contributed by atoms with E-state index in [4.69, 9.17) is 23.7 Å². The molecule has 2 aromatic rings. The maximum absolute atomic E-state index is 15.5. The van der Waals surface area contributed by atoms with Gasteiger partial charge in [-0.3, -0.25) is 24.0 Å². The first-order valence-corrected chi connectivity index (χ1v) is 21.4. The van der Waals surface area contributed by atoms with E-state index in [9.17, 15) is 39.3 Å². The summed E-state index contributed by atoms with van der Waals surface area (Å²) in [7, 11) is 0. The number of aliphatic hydroxyl groups excluding tert-OH is 2. The molecular weight excluding hydrogens is 803 g/mol. The van der Waals surface area contributed by atoms with E-state index in [1.54, 1.807) is 81.4 Å². The zero-order valence-electron chi connectivity index (χ0n) is 36.0. The molecule has 1 amide bonds. The summed E-state index contributed by atoms with van der Waals surface area (Å²) in [6.45, 7) is 8.20. The van der Waals surface area contributed by atoms with Gasteiger partial charge in [0.2, 0.25) is 0 Å². The van der Waals surface area contributed by atoms with Gasteiger partial charge in [0.25, 0.3) is 5.91 Å². The van der Waals surface area contributed by atoms with Crippen LogP contribution in [0, 0.1) is 22.7 Å². The molecular formula is C47H57NO14. The number of Topliss-reactive ketones (excluding diaryl/α,β-unsaturated/α-hetero) is 1. The number of aliphatic hydroxyl groups is 3. The first kappa shape index (κ1) is 45.1. The molecule has 334 valence electrons. The Morgan fingerprint density at radius 2 is 1.50 bits per heavy atom. The molecule has 2 aromatic carbocycles. The summed E-state index contributed by atoms with van der Waals surface area (Å²) in [5, 5.41) is 40.4. The molecule has 3 saturated carbocycles. The highest BCUT2D eigenvalue weighted by atomic mass is 16.6. The van der Waals surface area contributed by atoms with Gasteiger partial charge in [-0.2, -0.15) is 0 Å². The molecule has 1 unspecified atom stereocenters. The number of carbonyl (C=O) groups excluding carboxylic acids is 6. The molecule has 2 bridgehead atoms. The second-order valence-corrected chi connectivity index (χ2v) is 18.4. The van der Waals surface area contributed by atoms with Crippen LogP contribution in [0.2, 0.25) is 0 Å². The van der Waals surface area contributed by atoms with Gasteiger partial charge in [0.15, 0.2) is 23.6 Å². The summed E-state index contributed by atoms with van der Waals surface area (Å²) in [5.41, 5.74) is -6.77. The Labute approximate surface area is 360 Å². The van der Waals surface area contributed by atoms with Gasteiger partial charge in [0, 0.05) is 37.7 Å². The maximum atomic E-state index is 15.5. The van der Waals surface area contributed by atoms with Crippen LogP contribution in [-0.2, 0) is 47.7 Å². The number of ether oxygens (including phenoxy) is 5. The third-order valence-electron chi connectivity index (χ3n) is 14.4. The molecule has 15 nitrogen and oxygen atoms in total. The van der Waals surface area contributed by atoms with Crippen molar-refractivity contribution in [3.8, 4) is 0 Å². The fraction of sp³-hybridized carbons (Fsp3) is 0.574. The van der Waals surface area contributed by atoms with Gasteiger partial charge in [-0.25, -0.2) is 4.79 Å². The quantitative estimate of drug-likeness (QED) is 0.151. The van der Waals surface area contributed by atoms with Crippen LogP contribution in [-0.4, -0.2) is 105 Å². The van der Waals surface area contributed by atoms with Crippen LogP contribution in [0.5, 0.6) is 0 Å². The van der Waals surface area contributed by atoms with Gasteiger partial charge in [-0.1, -0.05) is 81.6 Å². The Morgan fingerprint density at radius 1 is 0.871 bits per heavy atom. The Bertz CT molecular complexity index is 2120. The van der Waals surface area contributed by atoms with E-state index >= 15 is 4.79 Å². The van der Waals surface area contributed by atoms with Gasteiger partial charge in [-0.15, -0.1) is 0 Å². The topological polar surface area (TPSA) is 221 Å². The number of carbonyl (C=O) groups is 6. The maximum Gasteiger partial charge on any atom is 0.338 e. The summed E-state index contributed by atoms with van der Waals surface area (Å²) in [5.74, 6) is -6.92. The van der Waals surface area contributed by atoms with Crippen molar-refractivity contribution in [2.45, 2.75) is 140 Å². The Kier molecular flexibility index (Phi) is 12.3. The molecule has 5 aliphatic rings. The highest BCUT2D eigenvalue weighted by Crippen LogP contribution is 2.64. The zero-order chi connectivity index (χ0) is 44.9. The number of benzene rings is 2. The van der Waals surface area contributed by atoms with Crippen molar-refractivity contribution in [2.75, 3.05) is 6.61 Å². The summed E-state index contributed by atoms with van der Waals surface area (Å²) in [6.07, 6.45) is -6.69. The molecule has 11 atom stereocenters. The number of amides is 1. The second kappa shape index (κ2) is 17.0. The van der Waals surface area contributed by atoms with Crippen LogP contribution in [0.15, 0.2) is 71.8 Å². The fourth-order valence-electron chi connectivity index (χ4n) is 11.0. The van der Waals surface area contributed by atoms with Crippen LogP contribution in [0.25, 0.3) is 0 Å². The van der Waals surface area contributed by atoms with Crippen molar-refractivity contribution >= 4 is 35.6 Å². The molecule has 7 rings (SSSR count). The number of nitrogens with one attached hydrogen (secondary N) is 1. The fourth-order valence-corrected chi connectivity index (χ4v) is 11.0. The average Bonchev–Trinajstić information content (AvgIpc) is 3.24. The number of fused-ring (bicyclic) bond motifs is 5. The van der Waals surface area contributed by atoms with E-state index in [0.29, 0.717) is 18.4 Å². The van der Waals surface area contributed by atoms with Gasteiger partial charge in [0.05, 0.1) is 36.0 Å². The number of rotatable bonds is 10. The lowest BCUT2D eigenvalue weighted by Gasteiger charge is -2.67. The lowest BCUT2D eigenvalue weighted by Crippen LogP contribution is -2.82. The summed E-state index contributed by atoms with van der Waals surface area (Å²) in [4.78, 5) is 83.7. The molecule has 1 saturated heterocycles. The van der Waals surface area contributed by atoms with Crippen molar-refractivity contribution in [3.05, 3.63) is 82.9 Å². The number of hydrogen-bond donors (Lipinski definition) is 4. The second-order valence-electron chi connectivity index (χ2n) is 18.4. The molecule has 4 aliphatic carbocycles. The highest BCUT2D eigenvalue weighted by molar-refractivity contribution is 5.96. The zero-order valence-corrected chi connectivity index (χ0v) is 36.0. The van der Waals surface area contributed by atoms with Gasteiger partial charge < -0.3 is 44.3 Å². The normalized spacial score (nSPS) is 33.7. The van der Waals surface area contributed by atoms with E-state index in [1.807, 2.05) is 0 Å². The third kappa shape index (κ3) is 7.54. The number of hydrogen-bond acceptors (Lipinski definition) is 14. The van der Waals surface area contributed by atoms with E-state index in [1.165, 1.54) is 13.8 Å². The lowest BCUT2D eigenvalue weighted by atomic mass is 9.44. The van der Waals surface area contributed by atoms with Crippen LogP contribution < -0.4 is 5.32 Å². The molecule has 15 heteroatoms. The predicted octanol–water partition coefficient (Wildman–Crippen LogP) is 4.00. The van der Waals surface area contributed by atoms with E-state index in [2.05, 4.69) is 5.32 Å². The predicted molar refractivity (Wildman–Crippen MR) is 218 cm³/mol. The molecule has 0 radical (unpaired) electrons. The average molecular weight is 860 g/mol. The largest absolute Gasteiger partial charge is 0.459 e. The van der Waals surface area contributed by atoms with Crippen molar-refractivity contribution in [1.29, 1.82) is 0 Å². The van der Waals surface area contributed by atoms with E-state index < -0.39 is 119 Å². The molecule has 0 spiro atoms. The van der Waals surface area contributed by atoms with Crippen LogP contribution in [0.3, 0.4) is 0 Å². The van der Waals surface area contributed by atoms with Crippen LogP contribution in [0.1, 0.15) is 108 Å². The standard InChI is InChI=1S/C47H57NO14/c1-25-31(60-43(56)36(52)35(28-16-10-7-11-17-28)48-41(54)29-18-12-8-13-19-29)23-47(57)40(61-42(55)30-20-14-9-15-21-30)38-45(6,32(51)22-33-46(38,24-58-33)62-27(3)50)39(53)37(59-26(2)49)34(25)44(47,4)5/h7-8,10-13,16-19,30-33,35-38,40,51-52,57H,9,14-15,20-24H2,1-6H3,(H,48,54)/t31-,32-,33+,35-,36+,37+,38?,40-,45+,46-,47+/m0/s1. The van der Waals surface area contributed by atoms with E-state index in [0.717, 1.165) is 26.2 Å².